The molecule has 5 heteroatoms. The highest BCUT2D eigenvalue weighted by atomic mass is 79.9. The molecule has 0 bridgehead atoms. The molecular formula is C23H13Br3N2. The standard InChI is InChI=1S/C23H13Br3N2/c24-14-12-18(27-21(25)13-14)16-10-11-20-22(23(16)26)17-8-4-5-9-19(17)28(20)15-6-2-1-3-7-15/h1-13H. The highest BCUT2D eigenvalue weighted by molar-refractivity contribution is 9.11. The Morgan fingerprint density at radius 3 is 2.25 bits per heavy atom. The van der Waals surface area contributed by atoms with Crippen LogP contribution in [0.4, 0.5) is 0 Å². The highest BCUT2D eigenvalue weighted by Crippen LogP contribution is 2.41. The van der Waals surface area contributed by atoms with E-state index in [9.17, 15) is 0 Å². The molecule has 0 atom stereocenters. The van der Waals surface area contributed by atoms with Crippen molar-refractivity contribution in [2.24, 2.45) is 0 Å². The zero-order chi connectivity index (χ0) is 19.3. The minimum Gasteiger partial charge on any atom is -0.309 e. The Labute approximate surface area is 187 Å². The molecule has 0 N–H and O–H groups in total. The topological polar surface area (TPSA) is 17.8 Å². The molecule has 2 heterocycles. The van der Waals surface area contributed by atoms with E-state index in [1.165, 1.54) is 16.3 Å². The summed E-state index contributed by atoms with van der Waals surface area (Å²) in [6.07, 6.45) is 0. The molecule has 28 heavy (non-hydrogen) atoms. The normalized spacial score (nSPS) is 11.4. The fraction of sp³-hybridized carbons (Fsp3) is 0. The minimum absolute atomic E-state index is 0.801. The zero-order valence-electron chi connectivity index (χ0n) is 14.5. The lowest BCUT2D eigenvalue weighted by Crippen LogP contribution is -1.93. The quantitative estimate of drug-likeness (QED) is 0.201. The second-order valence-corrected chi connectivity index (χ2v) is 9.02. The summed E-state index contributed by atoms with van der Waals surface area (Å²) in [5.41, 5.74) is 5.47. The van der Waals surface area contributed by atoms with Gasteiger partial charge in [-0.15, -0.1) is 0 Å². The van der Waals surface area contributed by atoms with Crippen LogP contribution in [0.3, 0.4) is 0 Å². The van der Waals surface area contributed by atoms with Gasteiger partial charge in [0.25, 0.3) is 0 Å². The molecule has 0 fully saturated rings. The fourth-order valence-electron chi connectivity index (χ4n) is 3.67. The van der Waals surface area contributed by atoms with Crippen molar-refractivity contribution in [2.45, 2.75) is 0 Å². The highest BCUT2D eigenvalue weighted by Gasteiger charge is 2.17. The van der Waals surface area contributed by atoms with E-state index in [0.717, 1.165) is 36.0 Å². The molecule has 0 radical (unpaired) electrons. The van der Waals surface area contributed by atoms with Crippen LogP contribution in [-0.4, -0.2) is 9.55 Å². The summed E-state index contributed by atoms with van der Waals surface area (Å²) in [5, 5.41) is 2.40. The Kier molecular flexibility index (Phi) is 4.62. The predicted molar refractivity (Wildman–Crippen MR) is 127 cm³/mol. The number of aromatic nitrogens is 2. The minimum atomic E-state index is 0.801. The van der Waals surface area contributed by atoms with Gasteiger partial charge in [-0.2, -0.15) is 0 Å². The Bertz CT molecular complexity index is 1320. The first kappa shape index (κ1) is 18.1. The maximum Gasteiger partial charge on any atom is 0.107 e. The van der Waals surface area contributed by atoms with Gasteiger partial charge in [0.2, 0.25) is 0 Å². The van der Waals surface area contributed by atoms with Crippen LogP contribution in [0.2, 0.25) is 0 Å². The van der Waals surface area contributed by atoms with E-state index in [1.807, 2.05) is 18.2 Å². The monoisotopic (exact) mass is 554 g/mol. The summed E-state index contributed by atoms with van der Waals surface area (Å²) in [6.45, 7) is 0. The van der Waals surface area contributed by atoms with E-state index in [-0.39, 0.29) is 0 Å². The molecule has 0 aliphatic carbocycles. The van der Waals surface area contributed by atoms with E-state index < -0.39 is 0 Å². The second-order valence-electron chi connectivity index (χ2n) is 6.50. The fourth-order valence-corrected chi connectivity index (χ4v) is 5.61. The third-order valence-electron chi connectivity index (χ3n) is 4.82. The molecule has 2 nitrogen and oxygen atoms in total. The Balaban J connectivity index is 1.89. The van der Waals surface area contributed by atoms with Gasteiger partial charge in [0.05, 0.1) is 16.7 Å². The number of para-hydroxylation sites is 2. The van der Waals surface area contributed by atoms with Gasteiger partial charge in [-0.1, -0.05) is 52.3 Å². The van der Waals surface area contributed by atoms with Crippen molar-refractivity contribution in [3.05, 3.63) is 92.4 Å². The van der Waals surface area contributed by atoms with Crippen molar-refractivity contribution in [3.8, 4) is 16.9 Å². The molecule has 136 valence electrons. The summed E-state index contributed by atoms with van der Waals surface area (Å²) >= 11 is 11.0. The van der Waals surface area contributed by atoms with E-state index in [4.69, 9.17) is 0 Å². The summed E-state index contributed by atoms with van der Waals surface area (Å²) in [6, 6.07) is 27.3. The molecule has 0 unspecified atom stereocenters. The van der Waals surface area contributed by atoms with E-state index >= 15 is 0 Å². The number of fused-ring (bicyclic) bond motifs is 3. The van der Waals surface area contributed by atoms with Gasteiger partial charge >= 0.3 is 0 Å². The van der Waals surface area contributed by atoms with Gasteiger partial charge < -0.3 is 4.57 Å². The zero-order valence-corrected chi connectivity index (χ0v) is 19.3. The van der Waals surface area contributed by atoms with E-state index in [0.29, 0.717) is 0 Å². The lowest BCUT2D eigenvalue weighted by molar-refractivity contribution is 1.18. The Hall–Kier alpha value is -1.95. The van der Waals surface area contributed by atoms with Gasteiger partial charge in [0, 0.05) is 31.0 Å². The maximum atomic E-state index is 4.67. The number of hydrogen-bond acceptors (Lipinski definition) is 1. The van der Waals surface area contributed by atoms with Crippen molar-refractivity contribution < 1.29 is 0 Å². The molecule has 0 saturated heterocycles. The Morgan fingerprint density at radius 1 is 0.714 bits per heavy atom. The number of rotatable bonds is 2. The first-order valence-corrected chi connectivity index (χ1v) is 11.1. The summed E-state index contributed by atoms with van der Waals surface area (Å²) in [7, 11) is 0. The number of pyridine rings is 1. The van der Waals surface area contributed by atoms with Crippen LogP contribution in [0.15, 0.2) is 92.4 Å². The van der Waals surface area contributed by atoms with Crippen LogP contribution in [0.25, 0.3) is 38.8 Å². The Morgan fingerprint density at radius 2 is 1.46 bits per heavy atom. The van der Waals surface area contributed by atoms with Crippen LogP contribution in [0.1, 0.15) is 0 Å². The smallest absolute Gasteiger partial charge is 0.107 e. The second kappa shape index (κ2) is 7.14. The van der Waals surface area contributed by atoms with Gasteiger partial charge in [-0.25, -0.2) is 4.98 Å². The summed E-state index contributed by atoms with van der Waals surface area (Å²) in [5.74, 6) is 0. The SMILES string of the molecule is Brc1cc(Br)nc(-c2ccc3c(c2Br)c2ccccc2n3-c2ccccc2)c1. The molecule has 3 aromatic carbocycles. The van der Waals surface area contributed by atoms with Crippen LogP contribution in [-0.2, 0) is 0 Å². The van der Waals surface area contributed by atoms with Crippen molar-refractivity contribution in [1.82, 2.24) is 9.55 Å². The molecular weight excluding hydrogens is 544 g/mol. The van der Waals surface area contributed by atoms with Crippen LogP contribution in [0.5, 0.6) is 0 Å². The predicted octanol–water partition coefficient (Wildman–Crippen LogP) is 8.13. The van der Waals surface area contributed by atoms with Gasteiger partial charge in [-0.05, 0) is 74.3 Å². The van der Waals surface area contributed by atoms with Crippen LogP contribution in [0, 0.1) is 0 Å². The van der Waals surface area contributed by atoms with E-state index in [1.54, 1.807) is 0 Å². The third kappa shape index (κ3) is 2.93. The number of nitrogens with zero attached hydrogens (tertiary/aromatic N) is 2. The molecule has 0 amide bonds. The average Bonchev–Trinajstić information content (AvgIpc) is 3.03. The summed E-state index contributed by atoms with van der Waals surface area (Å²) in [4.78, 5) is 4.67. The largest absolute Gasteiger partial charge is 0.309 e. The average molecular weight is 557 g/mol. The van der Waals surface area contributed by atoms with Crippen LogP contribution < -0.4 is 0 Å². The number of halogens is 3. The van der Waals surface area contributed by atoms with Crippen molar-refractivity contribution >= 4 is 69.6 Å². The van der Waals surface area contributed by atoms with Crippen molar-refractivity contribution in [3.63, 3.8) is 0 Å². The van der Waals surface area contributed by atoms with Crippen LogP contribution >= 0.6 is 47.8 Å². The lowest BCUT2D eigenvalue weighted by Gasteiger charge is -2.10. The van der Waals surface area contributed by atoms with Crippen molar-refractivity contribution in [2.75, 3.05) is 0 Å². The number of benzene rings is 3. The van der Waals surface area contributed by atoms with Crippen molar-refractivity contribution in [1.29, 1.82) is 0 Å². The molecule has 5 rings (SSSR count). The lowest BCUT2D eigenvalue weighted by atomic mass is 10.1. The van der Waals surface area contributed by atoms with Gasteiger partial charge in [0.1, 0.15) is 4.60 Å². The number of hydrogen-bond donors (Lipinski definition) is 0. The third-order valence-corrected chi connectivity index (χ3v) is 6.51. The maximum absolute atomic E-state index is 4.67. The molecule has 0 aliphatic heterocycles. The molecule has 0 spiro atoms. The molecule has 0 aliphatic rings. The first-order valence-electron chi connectivity index (χ1n) is 8.74. The molecule has 2 aromatic heterocycles. The molecule has 0 saturated carbocycles. The van der Waals surface area contributed by atoms with E-state index in [2.05, 4.69) is 118 Å². The van der Waals surface area contributed by atoms with Gasteiger partial charge in [0.15, 0.2) is 0 Å². The van der Waals surface area contributed by atoms with Gasteiger partial charge in [-0.3, -0.25) is 0 Å². The first-order chi connectivity index (χ1) is 13.6. The molecule has 5 aromatic rings. The summed E-state index contributed by atoms with van der Waals surface area (Å²) < 4.78 is 5.15.